The lowest BCUT2D eigenvalue weighted by atomic mass is 10.1. The molecule has 34 heavy (non-hydrogen) atoms. The van der Waals surface area contributed by atoms with Crippen LogP contribution >= 0.6 is 23.4 Å². The quantitative estimate of drug-likeness (QED) is 0.268. The van der Waals surface area contributed by atoms with E-state index in [9.17, 15) is 9.59 Å². The van der Waals surface area contributed by atoms with Crippen molar-refractivity contribution in [1.29, 1.82) is 0 Å². The normalized spacial score (nSPS) is 11.5. The molecule has 0 bridgehead atoms. The van der Waals surface area contributed by atoms with Crippen molar-refractivity contribution >= 4 is 46.6 Å². The summed E-state index contributed by atoms with van der Waals surface area (Å²) >= 11 is 7.49. The Morgan fingerprint density at radius 2 is 1.44 bits per heavy atom. The highest BCUT2D eigenvalue weighted by Crippen LogP contribution is 2.37. The Morgan fingerprint density at radius 3 is 2.15 bits per heavy atom. The van der Waals surface area contributed by atoms with Gasteiger partial charge >= 0.3 is 0 Å². The second-order valence-electron chi connectivity index (χ2n) is 7.76. The van der Waals surface area contributed by atoms with E-state index < -0.39 is 5.25 Å². The molecule has 0 aliphatic heterocycles. The van der Waals surface area contributed by atoms with Crippen LogP contribution in [0.15, 0.2) is 108 Å². The smallest absolute Gasteiger partial charge is 0.255 e. The number of anilines is 2. The maximum Gasteiger partial charge on any atom is 0.255 e. The minimum Gasteiger partial charge on any atom is -0.325 e. The van der Waals surface area contributed by atoms with Crippen molar-refractivity contribution in [3.8, 4) is 0 Å². The zero-order valence-corrected chi connectivity index (χ0v) is 20.1. The molecule has 4 nitrogen and oxygen atoms in total. The number of thioether (sulfide) groups is 1. The SMILES string of the molecule is Cc1ccc(C(=O)Nc2cccc(SC(C(=O)Nc3cccc(Cl)c3)c3ccccc3)c2)cc1. The first kappa shape index (κ1) is 23.6. The highest BCUT2D eigenvalue weighted by molar-refractivity contribution is 8.00. The average molecular weight is 487 g/mol. The summed E-state index contributed by atoms with van der Waals surface area (Å²) in [6, 6.07) is 31.6. The van der Waals surface area contributed by atoms with E-state index in [0.717, 1.165) is 16.0 Å². The summed E-state index contributed by atoms with van der Waals surface area (Å²) in [4.78, 5) is 26.7. The molecule has 4 rings (SSSR count). The van der Waals surface area contributed by atoms with Crippen LogP contribution in [-0.2, 0) is 4.79 Å². The van der Waals surface area contributed by atoms with Gasteiger partial charge in [0.2, 0.25) is 5.91 Å². The Hall–Kier alpha value is -3.54. The number of amides is 2. The highest BCUT2D eigenvalue weighted by atomic mass is 35.5. The van der Waals surface area contributed by atoms with Crippen molar-refractivity contribution in [2.75, 3.05) is 10.6 Å². The fraction of sp³-hybridized carbons (Fsp3) is 0.0714. The molecule has 0 saturated carbocycles. The van der Waals surface area contributed by atoms with Gasteiger partial charge in [0.15, 0.2) is 0 Å². The fourth-order valence-electron chi connectivity index (χ4n) is 3.37. The molecule has 4 aromatic rings. The number of carbonyl (C=O) groups excluding carboxylic acids is 2. The Bertz CT molecular complexity index is 1290. The number of hydrogen-bond acceptors (Lipinski definition) is 3. The van der Waals surface area contributed by atoms with E-state index in [-0.39, 0.29) is 11.8 Å². The zero-order valence-electron chi connectivity index (χ0n) is 18.5. The maximum absolute atomic E-state index is 13.3. The van der Waals surface area contributed by atoms with Crippen LogP contribution in [0.5, 0.6) is 0 Å². The first-order valence-electron chi connectivity index (χ1n) is 10.7. The first-order chi connectivity index (χ1) is 16.5. The zero-order chi connectivity index (χ0) is 23.9. The second-order valence-corrected chi connectivity index (χ2v) is 9.37. The maximum atomic E-state index is 13.3. The molecule has 4 aromatic carbocycles. The predicted octanol–water partition coefficient (Wildman–Crippen LogP) is 7.37. The molecule has 0 aliphatic carbocycles. The number of carbonyl (C=O) groups is 2. The molecule has 0 spiro atoms. The van der Waals surface area contributed by atoms with Crippen molar-refractivity contribution in [3.05, 3.63) is 125 Å². The van der Waals surface area contributed by atoms with Gasteiger partial charge in [0.05, 0.1) is 0 Å². The van der Waals surface area contributed by atoms with Gasteiger partial charge in [-0.1, -0.05) is 71.8 Å². The minimum atomic E-state index is -0.497. The topological polar surface area (TPSA) is 58.2 Å². The molecule has 170 valence electrons. The molecule has 0 saturated heterocycles. The van der Waals surface area contributed by atoms with Gasteiger partial charge < -0.3 is 10.6 Å². The van der Waals surface area contributed by atoms with E-state index >= 15 is 0 Å². The largest absolute Gasteiger partial charge is 0.325 e. The summed E-state index contributed by atoms with van der Waals surface area (Å²) in [5.74, 6) is -0.340. The molecule has 2 amide bonds. The molecule has 6 heteroatoms. The number of halogens is 1. The molecule has 0 heterocycles. The molecule has 1 unspecified atom stereocenters. The number of aryl methyl sites for hydroxylation is 1. The summed E-state index contributed by atoms with van der Waals surface area (Å²) in [7, 11) is 0. The van der Waals surface area contributed by atoms with Crippen LogP contribution in [0.4, 0.5) is 11.4 Å². The number of benzene rings is 4. The summed E-state index contributed by atoms with van der Waals surface area (Å²) in [5, 5.41) is 5.96. The van der Waals surface area contributed by atoms with Crippen LogP contribution in [0.3, 0.4) is 0 Å². The summed E-state index contributed by atoms with van der Waals surface area (Å²) in [6.07, 6.45) is 0. The molecular formula is C28H23ClN2O2S. The lowest BCUT2D eigenvalue weighted by Gasteiger charge is -2.18. The van der Waals surface area contributed by atoms with Crippen LogP contribution in [-0.4, -0.2) is 11.8 Å². The van der Waals surface area contributed by atoms with Crippen LogP contribution < -0.4 is 10.6 Å². The summed E-state index contributed by atoms with van der Waals surface area (Å²) in [6.45, 7) is 1.98. The van der Waals surface area contributed by atoms with Crippen LogP contribution in [0.1, 0.15) is 26.7 Å². The fourth-order valence-corrected chi connectivity index (χ4v) is 4.64. The third-order valence-electron chi connectivity index (χ3n) is 5.09. The number of rotatable bonds is 7. The average Bonchev–Trinajstić information content (AvgIpc) is 2.83. The van der Waals surface area contributed by atoms with Gasteiger partial charge in [-0.3, -0.25) is 9.59 Å². The van der Waals surface area contributed by atoms with Crippen LogP contribution in [0, 0.1) is 6.92 Å². The number of nitrogens with one attached hydrogen (secondary N) is 2. The van der Waals surface area contributed by atoms with Crippen molar-refractivity contribution in [2.24, 2.45) is 0 Å². The van der Waals surface area contributed by atoms with Crippen molar-refractivity contribution in [1.82, 2.24) is 0 Å². The lowest BCUT2D eigenvalue weighted by molar-refractivity contribution is -0.115. The monoisotopic (exact) mass is 486 g/mol. The lowest BCUT2D eigenvalue weighted by Crippen LogP contribution is -2.19. The third-order valence-corrected chi connectivity index (χ3v) is 6.58. The van der Waals surface area contributed by atoms with Gasteiger partial charge in [0.1, 0.15) is 5.25 Å². The molecule has 0 aliphatic rings. The van der Waals surface area contributed by atoms with E-state index in [4.69, 9.17) is 11.6 Å². The van der Waals surface area contributed by atoms with Gasteiger partial charge in [-0.15, -0.1) is 11.8 Å². The van der Waals surface area contributed by atoms with E-state index in [1.807, 2.05) is 73.7 Å². The van der Waals surface area contributed by atoms with E-state index in [1.54, 1.807) is 36.4 Å². The van der Waals surface area contributed by atoms with Crippen molar-refractivity contribution < 1.29 is 9.59 Å². The first-order valence-corrected chi connectivity index (χ1v) is 12.0. The molecule has 0 aromatic heterocycles. The van der Waals surface area contributed by atoms with E-state index in [2.05, 4.69) is 10.6 Å². The van der Waals surface area contributed by atoms with Crippen molar-refractivity contribution in [2.45, 2.75) is 17.1 Å². The minimum absolute atomic E-state index is 0.160. The molecule has 1 atom stereocenters. The van der Waals surface area contributed by atoms with Gasteiger partial charge in [0, 0.05) is 26.9 Å². The van der Waals surface area contributed by atoms with Gasteiger partial charge in [-0.25, -0.2) is 0 Å². The Labute approximate surface area is 208 Å². The molecule has 2 N–H and O–H groups in total. The number of hydrogen-bond donors (Lipinski definition) is 2. The standard InChI is InChI=1S/C28H23ClN2O2S/c1-19-13-15-21(16-14-19)27(32)30-24-11-6-12-25(18-24)34-26(20-7-3-2-4-8-20)28(33)31-23-10-5-9-22(29)17-23/h2-18,26H,1H3,(H,30,32)(H,31,33). The Kier molecular flexibility index (Phi) is 7.68. The van der Waals surface area contributed by atoms with E-state index in [1.165, 1.54) is 11.8 Å². The third kappa shape index (κ3) is 6.28. The summed E-state index contributed by atoms with van der Waals surface area (Å²) in [5.41, 5.74) is 3.86. The molecular weight excluding hydrogens is 464 g/mol. The van der Waals surface area contributed by atoms with Gasteiger partial charge in [0.25, 0.3) is 5.91 Å². The second kappa shape index (κ2) is 11.1. The van der Waals surface area contributed by atoms with Gasteiger partial charge in [-0.2, -0.15) is 0 Å². The highest BCUT2D eigenvalue weighted by Gasteiger charge is 2.22. The Balaban J connectivity index is 1.53. The van der Waals surface area contributed by atoms with Crippen LogP contribution in [0.2, 0.25) is 5.02 Å². The Morgan fingerprint density at radius 1 is 0.765 bits per heavy atom. The van der Waals surface area contributed by atoms with Crippen LogP contribution in [0.25, 0.3) is 0 Å². The summed E-state index contributed by atoms with van der Waals surface area (Å²) < 4.78 is 0. The van der Waals surface area contributed by atoms with E-state index in [0.29, 0.717) is 22.0 Å². The predicted molar refractivity (Wildman–Crippen MR) is 141 cm³/mol. The molecule has 0 fully saturated rings. The van der Waals surface area contributed by atoms with Crippen molar-refractivity contribution in [3.63, 3.8) is 0 Å². The molecule has 0 radical (unpaired) electrons. The van der Waals surface area contributed by atoms with Gasteiger partial charge in [-0.05, 0) is 61.0 Å².